The standard InChI is InChI=1S/C40H60N8O9/c1-5-6-7-8-11-25(41)24-43-21-18-29(42)36(52)46-30(37(53)44-22-19-31(40(56)57-4)45-33(49)14-10-15-34(50)51)20-23-48-38(54)27-13-9-12-26-32(47(2)3)17-16-28(35(26)27)39(48)55/h9,12-13,16-17,25,29-31,43H,5-8,10-11,14-15,18-24,41-42H2,1-4H3,(H,44,53)(H,45,49)(H,46,52)(H,50,51)/t25-,29-,30+,31+/m0/s1. The monoisotopic (exact) mass is 796 g/mol. The van der Waals surface area contributed by atoms with E-state index in [2.05, 4.69) is 28.2 Å². The number of benzene rings is 2. The van der Waals surface area contributed by atoms with Crippen LogP contribution in [0.3, 0.4) is 0 Å². The fraction of sp³-hybridized carbons (Fsp3) is 0.575. The summed E-state index contributed by atoms with van der Waals surface area (Å²) in [5.41, 5.74) is 14.0. The number of nitrogens with zero attached hydrogens (tertiary/aromatic N) is 2. The Hall–Kier alpha value is -5.13. The quantitative estimate of drug-likeness (QED) is 0.0404. The molecule has 0 saturated carbocycles. The van der Waals surface area contributed by atoms with Gasteiger partial charge in [-0.3, -0.25) is 33.7 Å². The molecule has 0 aromatic heterocycles. The molecule has 1 aliphatic rings. The predicted octanol–water partition coefficient (Wildman–Crippen LogP) is 1.40. The second-order valence-electron chi connectivity index (χ2n) is 14.5. The Morgan fingerprint density at radius 2 is 1.54 bits per heavy atom. The minimum atomic E-state index is -1.25. The number of anilines is 1. The number of rotatable bonds is 26. The molecule has 0 saturated heterocycles. The number of hydrogen-bond acceptors (Lipinski definition) is 12. The number of ether oxygens (including phenoxy) is 1. The summed E-state index contributed by atoms with van der Waals surface area (Å²) in [4.78, 5) is 93.1. The summed E-state index contributed by atoms with van der Waals surface area (Å²) in [5.74, 6) is -4.76. The van der Waals surface area contributed by atoms with E-state index < -0.39 is 59.6 Å². The van der Waals surface area contributed by atoms with Gasteiger partial charge in [0, 0.05) is 80.2 Å². The van der Waals surface area contributed by atoms with E-state index in [1.807, 2.05) is 25.1 Å². The van der Waals surface area contributed by atoms with Crippen molar-refractivity contribution in [1.29, 1.82) is 0 Å². The number of methoxy groups -OCH3 is 1. The number of carboxylic acids is 1. The lowest BCUT2D eigenvalue weighted by atomic mass is 9.92. The van der Waals surface area contributed by atoms with E-state index in [0.29, 0.717) is 29.6 Å². The average Bonchev–Trinajstić information content (AvgIpc) is 3.18. The van der Waals surface area contributed by atoms with Crippen molar-refractivity contribution in [2.24, 2.45) is 11.5 Å². The number of nitrogens with two attached hydrogens (primary N) is 2. The Balaban J connectivity index is 1.71. The maximum atomic E-state index is 13.8. The molecule has 9 N–H and O–H groups in total. The molecule has 0 fully saturated rings. The summed E-state index contributed by atoms with van der Waals surface area (Å²) in [5, 5.41) is 21.2. The number of esters is 1. The van der Waals surface area contributed by atoms with Crippen LogP contribution in [0.1, 0.15) is 98.3 Å². The molecule has 57 heavy (non-hydrogen) atoms. The molecule has 2 aromatic rings. The Labute approximate surface area is 333 Å². The lowest BCUT2D eigenvalue weighted by Gasteiger charge is -2.30. The van der Waals surface area contributed by atoms with E-state index in [1.165, 1.54) is 6.42 Å². The van der Waals surface area contributed by atoms with Gasteiger partial charge in [0.15, 0.2) is 0 Å². The Kier molecular flexibility index (Phi) is 18.8. The fourth-order valence-electron chi connectivity index (χ4n) is 6.66. The normalized spacial score (nSPS) is 14.4. The van der Waals surface area contributed by atoms with E-state index in [9.17, 15) is 33.6 Å². The third-order valence-corrected chi connectivity index (χ3v) is 9.88. The van der Waals surface area contributed by atoms with Crippen molar-refractivity contribution in [2.45, 2.75) is 102 Å². The summed E-state index contributed by atoms with van der Waals surface area (Å²) in [6.45, 7) is 2.76. The zero-order chi connectivity index (χ0) is 42.1. The van der Waals surface area contributed by atoms with Crippen LogP contribution >= 0.6 is 0 Å². The molecule has 0 unspecified atom stereocenters. The Morgan fingerprint density at radius 1 is 0.825 bits per heavy atom. The molecule has 1 heterocycles. The number of nitrogens with one attached hydrogen (secondary N) is 4. The van der Waals surface area contributed by atoms with Gasteiger partial charge in [0.1, 0.15) is 12.1 Å². The second-order valence-corrected chi connectivity index (χ2v) is 14.5. The van der Waals surface area contributed by atoms with Gasteiger partial charge in [-0.05, 0) is 56.8 Å². The van der Waals surface area contributed by atoms with Gasteiger partial charge in [0.05, 0.1) is 13.2 Å². The molecule has 17 nitrogen and oxygen atoms in total. The predicted molar refractivity (Wildman–Crippen MR) is 215 cm³/mol. The highest BCUT2D eigenvalue weighted by atomic mass is 16.5. The van der Waals surface area contributed by atoms with Gasteiger partial charge in [0.25, 0.3) is 11.8 Å². The molecule has 0 radical (unpaired) electrons. The van der Waals surface area contributed by atoms with Crippen molar-refractivity contribution in [3.63, 3.8) is 0 Å². The van der Waals surface area contributed by atoms with E-state index in [4.69, 9.17) is 21.3 Å². The summed E-state index contributed by atoms with van der Waals surface area (Å²) in [7, 11) is 4.88. The van der Waals surface area contributed by atoms with Gasteiger partial charge in [-0.1, -0.05) is 44.7 Å². The van der Waals surface area contributed by atoms with Gasteiger partial charge in [0.2, 0.25) is 17.7 Å². The fourth-order valence-corrected chi connectivity index (χ4v) is 6.66. The van der Waals surface area contributed by atoms with E-state index in [1.54, 1.807) is 24.3 Å². The highest BCUT2D eigenvalue weighted by Crippen LogP contribution is 2.35. The van der Waals surface area contributed by atoms with Crippen LogP contribution in [-0.4, -0.2) is 123 Å². The zero-order valence-electron chi connectivity index (χ0n) is 33.6. The van der Waals surface area contributed by atoms with Crippen LogP contribution in [0.4, 0.5) is 5.69 Å². The van der Waals surface area contributed by atoms with Crippen LogP contribution < -0.4 is 37.6 Å². The lowest BCUT2D eigenvalue weighted by Crippen LogP contribution is -2.54. The van der Waals surface area contributed by atoms with Gasteiger partial charge < -0.3 is 47.5 Å². The first kappa shape index (κ1) is 46.3. The van der Waals surface area contributed by atoms with Gasteiger partial charge in [-0.25, -0.2) is 4.79 Å². The molecule has 3 rings (SSSR count). The molecule has 17 heteroatoms. The van der Waals surface area contributed by atoms with Crippen molar-refractivity contribution in [1.82, 2.24) is 26.2 Å². The van der Waals surface area contributed by atoms with E-state index >= 15 is 0 Å². The van der Waals surface area contributed by atoms with Crippen LogP contribution in [0.25, 0.3) is 10.8 Å². The molecule has 314 valence electrons. The molecular weight excluding hydrogens is 736 g/mol. The van der Waals surface area contributed by atoms with Gasteiger partial charge >= 0.3 is 11.9 Å². The third-order valence-electron chi connectivity index (χ3n) is 9.88. The smallest absolute Gasteiger partial charge is 0.328 e. The molecule has 1 aliphatic heterocycles. The van der Waals surface area contributed by atoms with E-state index in [0.717, 1.165) is 48.8 Å². The Morgan fingerprint density at radius 3 is 2.21 bits per heavy atom. The first-order chi connectivity index (χ1) is 27.2. The SMILES string of the molecule is CCCCCC[C@H](N)CNCC[C@H](N)C(=O)N[C@H](CCN1C(=O)c2cccc3c(N(C)C)ccc(c23)C1=O)C(=O)NCC[C@@H](NC(=O)CCCC(=O)O)C(=O)OC. The van der Waals surface area contributed by atoms with E-state index in [-0.39, 0.29) is 57.7 Å². The molecule has 5 amide bonds. The lowest BCUT2D eigenvalue weighted by molar-refractivity contribution is -0.145. The number of carboxylic acid groups (broad SMARTS) is 1. The first-order valence-electron chi connectivity index (χ1n) is 19.7. The van der Waals surface area contributed by atoms with Crippen LogP contribution in [0.15, 0.2) is 30.3 Å². The largest absolute Gasteiger partial charge is 0.481 e. The second kappa shape index (κ2) is 23.2. The third kappa shape index (κ3) is 13.8. The molecule has 2 aromatic carbocycles. The van der Waals surface area contributed by atoms with Crippen molar-refractivity contribution < 1.29 is 43.4 Å². The Bertz CT molecular complexity index is 1710. The summed E-state index contributed by atoms with van der Waals surface area (Å²) < 4.78 is 4.79. The first-order valence-corrected chi connectivity index (χ1v) is 19.7. The topological polar surface area (TPSA) is 256 Å². The van der Waals surface area contributed by atoms with Gasteiger partial charge in [-0.15, -0.1) is 0 Å². The van der Waals surface area contributed by atoms with Crippen LogP contribution in [-0.2, 0) is 28.7 Å². The highest BCUT2D eigenvalue weighted by Gasteiger charge is 2.35. The van der Waals surface area contributed by atoms with Crippen LogP contribution in [0.2, 0.25) is 0 Å². The minimum Gasteiger partial charge on any atom is -0.481 e. The number of unbranched alkanes of at least 4 members (excludes halogenated alkanes) is 3. The van der Waals surface area contributed by atoms with Crippen molar-refractivity contribution in [3.8, 4) is 0 Å². The van der Waals surface area contributed by atoms with Crippen LogP contribution in [0, 0.1) is 0 Å². The summed E-state index contributed by atoms with van der Waals surface area (Å²) in [6.07, 6.45) is 5.08. The van der Waals surface area contributed by atoms with Crippen molar-refractivity contribution in [2.75, 3.05) is 52.3 Å². The number of imide groups is 1. The molecule has 4 atom stereocenters. The maximum absolute atomic E-state index is 13.8. The summed E-state index contributed by atoms with van der Waals surface area (Å²) in [6, 6.07) is 5.30. The molecule has 0 aliphatic carbocycles. The van der Waals surface area contributed by atoms with Crippen LogP contribution in [0.5, 0.6) is 0 Å². The van der Waals surface area contributed by atoms with Gasteiger partial charge in [-0.2, -0.15) is 0 Å². The maximum Gasteiger partial charge on any atom is 0.328 e. The number of carbonyl (C=O) groups is 7. The minimum absolute atomic E-state index is 0.0294. The number of hydrogen-bond donors (Lipinski definition) is 7. The molecular formula is C40H60N8O9. The summed E-state index contributed by atoms with van der Waals surface area (Å²) >= 11 is 0. The molecule has 0 bridgehead atoms. The van der Waals surface area contributed by atoms with Crippen molar-refractivity contribution >= 4 is 57.9 Å². The highest BCUT2D eigenvalue weighted by molar-refractivity contribution is 6.26. The zero-order valence-corrected chi connectivity index (χ0v) is 33.6. The average molecular weight is 797 g/mol. The molecule has 0 spiro atoms. The number of amides is 5. The number of carbonyl (C=O) groups excluding carboxylic acids is 6. The van der Waals surface area contributed by atoms with Crippen molar-refractivity contribution in [3.05, 3.63) is 41.5 Å². The number of aliphatic carboxylic acids is 1.